The molecule has 3 aromatic rings. The van der Waals surface area contributed by atoms with Crippen molar-refractivity contribution in [2.75, 3.05) is 23.7 Å². The van der Waals surface area contributed by atoms with Crippen LogP contribution in [0, 0.1) is 18.8 Å². The number of nitrogens with zero attached hydrogens (tertiary/aromatic N) is 3. The molecule has 8 nitrogen and oxygen atoms in total. The quantitative estimate of drug-likeness (QED) is 0.474. The first kappa shape index (κ1) is 24.2. The van der Waals surface area contributed by atoms with Gasteiger partial charge in [-0.25, -0.2) is 9.78 Å². The molecule has 0 unspecified atom stereocenters. The lowest BCUT2D eigenvalue weighted by Crippen LogP contribution is -2.54. The van der Waals surface area contributed by atoms with Crippen LogP contribution in [0.4, 0.5) is 28.8 Å². The molecule has 4 rings (SSSR count). The Hall–Kier alpha value is -3.95. The predicted octanol–water partition coefficient (Wildman–Crippen LogP) is 3.73. The van der Waals surface area contributed by atoms with Gasteiger partial charge in [0.25, 0.3) is 5.91 Å². The van der Waals surface area contributed by atoms with Crippen LogP contribution in [-0.4, -0.2) is 51.1 Å². The summed E-state index contributed by atoms with van der Waals surface area (Å²) < 4.78 is 38.7. The number of urea groups is 1. The molecule has 0 radical (unpaired) electrons. The molecule has 0 spiro atoms. The molecule has 35 heavy (non-hydrogen) atoms. The van der Waals surface area contributed by atoms with Gasteiger partial charge in [-0.05, 0) is 42.7 Å². The lowest BCUT2D eigenvalue weighted by Gasteiger charge is -2.35. The van der Waals surface area contributed by atoms with Crippen molar-refractivity contribution < 1.29 is 27.9 Å². The number of aliphatic hydroxyl groups is 1. The molecule has 3 amide bonds. The number of likely N-dealkylation sites (tertiary alicyclic amines) is 1. The van der Waals surface area contributed by atoms with Crippen LogP contribution in [0.15, 0.2) is 42.7 Å². The molecular formula is C23H18F3N5O3S. The Bertz CT molecular complexity index is 1340. The molecule has 1 fully saturated rings. The minimum absolute atomic E-state index is 0.278. The van der Waals surface area contributed by atoms with Gasteiger partial charge < -0.3 is 15.3 Å². The lowest BCUT2D eigenvalue weighted by atomic mass is 10.1. The number of carbonyl (C=O) groups is 2. The van der Waals surface area contributed by atoms with E-state index in [2.05, 4.69) is 32.4 Å². The number of amides is 3. The summed E-state index contributed by atoms with van der Waals surface area (Å²) in [4.78, 5) is 34.3. The van der Waals surface area contributed by atoms with Crippen LogP contribution >= 0.6 is 11.3 Å². The second-order valence-corrected chi connectivity index (χ2v) is 8.71. The first-order valence-corrected chi connectivity index (χ1v) is 11.1. The summed E-state index contributed by atoms with van der Waals surface area (Å²) in [5.74, 6) is 5.14. The molecule has 0 aliphatic carbocycles. The number of hydrogen-bond donors (Lipinski definition) is 3. The number of benzene rings is 1. The Morgan fingerprint density at radius 1 is 1.14 bits per heavy atom. The van der Waals surface area contributed by atoms with Gasteiger partial charge in [0, 0.05) is 17.4 Å². The van der Waals surface area contributed by atoms with E-state index in [0.29, 0.717) is 27.3 Å². The van der Waals surface area contributed by atoms with E-state index < -0.39 is 23.8 Å². The van der Waals surface area contributed by atoms with Gasteiger partial charge in [0.15, 0.2) is 5.13 Å². The summed E-state index contributed by atoms with van der Waals surface area (Å²) in [5.41, 5.74) is 0.434. The minimum atomic E-state index is -4.58. The minimum Gasteiger partial charge on any atom is -0.389 e. The number of aryl methyl sites for hydroxylation is 1. The van der Waals surface area contributed by atoms with E-state index in [4.69, 9.17) is 0 Å². The highest BCUT2D eigenvalue weighted by Gasteiger charge is 2.31. The molecule has 0 saturated carbocycles. The van der Waals surface area contributed by atoms with Crippen LogP contribution in [0.3, 0.4) is 0 Å². The Morgan fingerprint density at radius 3 is 2.63 bits per heavy atom. The van der Waals surface area contributed by atoms with Gasteiger partial charge in [0.1, 0.15) is 5.69 Å². The van der Waals surface area contributed by atoms with Crippen molar-refractivity contribution in [3.8, 4) is 11.8 Å². The van der Waals surface area contributed by atoms with E-state index in [9.17, 15) is 27.9 Å². The van der Waals surface area contributed by atoms with Gasteiger partial charge >= 0.3 is 12.2 Å². The van der Waals surface area contributed by atoms with E-state index in [1.807, 2.05) is 6.92 Å². The summed E-state index contributed by atoms with van der Waals surface area (Å²) in [6.07, 6.45) is -2.63. The van der Waals surface area contributed by atoms with Crippen LogP contribution < -0.4 is 10.6 Å². The smallest absolute Gasteiger partial charge is 0.389 e. The van der Waals surface area contributed by atoms with Crippen LogP contribution in [0.5, 0.6) is 0 Å². The highest BCUT2D eigenvalue weighted by molar-refractivity contribution is 7.16. The van der Waals surface area contributed by atoms with Crippen molar-refractivity contribution in [2.24, 2.45) is 0 Å². The summed E-state index contributed by atoms with van der Waals surface area (Å²) in [5, 5.41) is 14.8. The highest BCUT2D eigenvalue weighted by Crippen LogP contribution is 2.29. The van der Waals surface area contributed by atoms with Crippen molar-refractivity contribution in [1.29, 1.82) is 0 Å². The van der Waals surface area contributed by atoms with Crippen molar-refractivity contribution in [3.05, 3.63) is 70.0 Å². The molecule has 0 atom stereocenters. The number of nitrogens with one attached hydrogen (secondary N) is 2. The first-order valence-electron chi connectivity index (χ1n) is 10.3. The number of β-amino-alcohol motifs (C(OH)–C–C–N with tert-alkyl or cyclic N) is 1. The maximum absolute atomic E-state index is 12.9. The summed E-state index contributed by atoms with van der Waals surface area (Å²) in [7, 11) is 0. The van der Waals surface area contributed by atoms with E-state index in [1.54, 1.807) is 18.2 Å². The molecule has 0 bridgehead atoms. The molecule has 2 aromatic heterocycles. The number of thiazole rings is 1. The second kappa shape index (κ2) is 9.73. The molecule has 1 aromatic carbocycles. The van der Waals surface area contributed by atoms with Gasteiger partial charge in [-0.2, -0.15) is 13.2 Å². The van der Waals surface area contributed by atoms with Crippen molar-refractivity contribution in [1.82, 2.24) is 14.9 Å². The number of halogens is 3. The summed E-state index contributed by atoms with van der Waals surface area (Å²) in [6.45, 7) is 2.38. The van der Waals surface area contributed by atoms with Crippen LogP contribution in [-0.2, 0) is 6.18 Å². The molecule has 1 aliphatic rings. The fourth-order valence-corrected chi connectivity index (χ4v) is 3.73. The number of rotatable bonds is 3. The molecule has 1 aliphatic heterocycles. The zero-order valence-electron chi connectivity index (χ0n) is 18.2. The fraction of sp³-hybridized carbons (Fsp3) is 0.217. The predicted molar refractivity (Wildman–Crippen MR) is 123 cm³/mol. The molecule has 180 valence electrons. The van der Waals surface area contributed by atoms with E-state index in [1.165, 1.54) is 22.4 Å². The maximum Gasteiger partial charge on any atom is 0.416 e. The zero-order valence-corrected chi connectivity index (χ0v) is 19.0. The third kappa shape index (κ3) is 5.95. The van der Waals surface area contributed by atoms with Gasteiger partial charge in [-0.1, -0.05) is 23.3 Å². The van der Waals surface area contributed by atoms with Crippen molar-refractivity contribution in [3.63, 3.8) is 0 Å². The lowest BCUT2D eigenvalue weighted by molar-refractivity contribution is -0.137. The number of anilines is 2. The Kier molecular flexibility index (Phi) is 6.72. The Morgan fingerprint density at radius 2 is 1.91 bits per heavy atom. The molecule has 3 heterocycles. The topological polar surface area (TPSA) is 107 Å². The number of alkyl halides is 3. The van der Waals surface area contributed by atoms with Crippen LogP contribution in [0.1, 0.15) is 32.1 Å². The van der Waals surface area contributed by atoms with Gasteiger partial charge in [0.05, 0.1) is 35.8 Å². The standard InChI is InChI=1S/C23H18F3N5O3S/c1-13-2-4-16(29-20(33)19-9-15(6-7-27-19)23(24,25)26)8-14(13)3-5-18-10-28-21(35-18)30-22(34)31-11-17(32)12-31/h2,4,6-10,17,32H,11-12H2,1H3,(H,29,33)(H,28,30,34). The molecular weight excluding hydrogens is 483 g/mol. The van der Waals surface area contributed by atoms with Crippen LogP contribution in [0.25, 0.3) is 0 Å². The molecule has 3 N–H and O–H groups in total. The third-order valence-electron chi connectivity index (χ3n) is 5.00. The van der Waals surface area contributed by atoms with E-state index in [0.717, 1.165) is 17.8 Å². The highest BCUT2D eigenvalue weighted by atomic mass is 32.1. The number of carbonyl (C=O) groups excluding carboxylic acids is 2. The SMILES string of the molecule is Cc1ccc(NC(=O)c2cc(C(F)(F)F)ccn2)cc1C#Cc1cnc(NC(=O)N2CC(O)C2)s1. The largest absolute Gasteiger partial charge is 0.416 e. The zero-order chi connectivity index (χ0) is 25.2. The van der Waals surface area contributed by atoms with Gasteiger partial charge in [0.2, 0.25) is 0 Å². The summed E-state index contributed by atoms with van der Waals surface area (Å²) in [6, 6.07) is 6.07. The second-order valence-electron chi connectivity index (χ2n) is 7.68. The van der Waals surface area contributed by atoms with Gasteiger partial charge in [-0.3, -0.25) is 15.1 Å². The normalized spacial score (nSPS) is 13.5. The summed E-state index contributed by atoms with van der Waals surface area (Å²) >= 11 is 1.18. The van der Waals surface area contributed by atoms with Crippen LogP contribution in [0.2, 0.25) is 0 Å². The van der Waals surface area contributed by atoms with Crippen molar-refractivity contribution >= 4 is 34.1 Å². The average molecular weight is 501 g/mol. The number of pyridine rings is 1. The van der Waals surface area contributed by atoms with E-state index >= 15 is 0 Å². The third-order valence-corrected chi connectivity index (χ3v) is 5.83. The first-order chi connectivity index (χ1) is 16.6. The molecule has 1 saturated heterocycles. The Balaban J connectivity index is 1.44. The fourth-order valence-electron chi connectivity index (χ4n) is 3.07. The van der Waals surface area contributed by atoms with E-state index in [-0.39, 0.29) is 24.8 Å². The maximum atomic E-state index is 12.9. The average Bonchev–Trinajstić information content (AvgIpc) is 3.23. The monoisotopic (exact) mass is 501 g/mol. The molecule has 12 heteroatoms. The van der Waals surface area contributed by atoms with Gasteiger partial charge in [-0.15, -0.1) is 0 Å². The number of aromatic nitrogens is 2. The van der Waals surface area contributed by atoms with Crippen molar-refractivity contribution in [2.45, 2.75) is 19.2 Å². The Labute approximate surface area is 201 Å². The number of hydrogen-bond acceptors (Lipinski definition) is 6. The number of aliphatic hydroxyl groups excluding tert-OH is 1.